The van der Waals surface area contributed by atoms with Crippen molar-refractivity contribution in [2.24, 2.45) is 0 Å². The molecular weight excluding hydrogens is 760 g/mol. The van der Waals surface area contributed by atoms with Crippen LogP contribution in [0.15, 0.2) is 0 Å². The van der Waals surface area contributed by atoms with Crippen LogP contribution in [-0.4, -0.2) is 259 Å². The Bertz CT molecular complexity index is 1210. The third kappa shape index (κ3) is 9.11. The Balaban J connectivity index is 0.942. The van der Waals surface area contributed by atoms with Gasteiger partial charge in [-0.25, -0.2) is 0 Å². The Labute approximate surface area is 311 Å². The average Bonchev–Trinajstić information content (AvgIpc) is 3.94. The molecule has 0 aromatic heterocycles. The topological polar surface area (TPSA) is 385 Å². The summed E-state index contributed by atoms with van der Waals surface area (Å²) in [5, 5.41) is 142. The largest absolute Gasteiger partial charge is 0.394 e. The first kappa shape index (κ1) is 43.6. The minimum absolute atomic E-state index is 0.430. The van der Waals surface area contributed by atoms with Crippen LogP contribution >= 0.6 is 0 Å². The molecule has 6 rings (SSSR count). The summed E-state index contributed by atoms with van der Waals surface area (Å²) < 4.78 is 59.9. The number of hydrogen-bond donors (Lipinski definition) is 14. The molecule has 0 amide bonds. The fraction of sp³-hybridized carbons (Fsp3) is 1.00. The van der Waals surface area contributed by atoms with Gasteiger partial charge in [0, 0.05) is 0 Å². The zero-order chi connectivity index (χ0) is 39.9. The maximum absolute atomic E-state index is 10.6. The van der Waals surface area contributed by atoms with Crippen molar-refractivity contribution in [2.45, 2.75) is 148 Å². The molecule has 0 radical (unpaired) electrons. The van der Waals surface area contributed by atoms with Gasteiger partial charge in [-0.3, -0.25) is 0 Å². The van der Waals surface area contributed by atoms with E-state index in [4.69, 9.17) is 52.1 Å². The number of rotatable bonds is 16. The Hall–Kier alpha value is -1.00. The Morgan fingerprint density at radius 1 is 0.309 bits per heavy atom. The van der Waals surface area contributed by atoms with Gasteiger partial charge in [-0.05, 0) is 0 Å². The molecular formula is C30H50O25. The molecule has 14 N–H and O–H groups in total. The molecule has 0 saturated carbocycles. The molecule has 24 atom stereocenters. The van der Waals surface area contributed by atoms with E-state index < -0.39 is 187 Å². The summed E-state index contributed by atoms with van der Waals surface area (Å²) in [5.41, 5.74) is 0. The van der Waals surface area contributed by atoms with Gasteiger partial charge in [0.15, 0.2) is 37.7 Å². The lowest BCUT2D eigenvalue weighted by Crippen LogP contribution is -2.44. The Kier molecular flexibility index (Phi) is 14.7. The van der Waals surface area contributed by atoms with Crippen LogP contribution in [0.4, 0.5) is 0 Å². The van der Waals surface area contributed by atoms with Crippen molar-refractivity contribution in [3.05, 3.63) is 0 Å². The first-order valence-electron chi connectivity index (χ1n) is 17.6. The molecule has 6 saturated heterocycles. The molecule has 0 bridgehead atoms. The molecule has 6 heterocycles. The van der Waals surface area contributed by atoms with Crippen LogP contribution in [-0.2, 0) is 52.1 Å². The van der Waals surface area contributed by atoms with Gasteiger partial charge in [-0.2, -0.15) is 0 Å². The van der Waals surface area contributed by atoms with Crippen LogP contribution < -0.4 is 0 Å². The summed E-state index contributed by atoms with van der Waals surface area (Å²) >= 11 is 0. The van der Waals surface area contributed by atoms with Crippen LogP contribution in [0.5, 0.6) is 0 Å². The molecule has 6 fully saturated rings. The quantitative estimate of drug-likeness (QED) is 0.0688. The SMILES string of the molecule is OC[C@H]1O[C@@H](O[C@@H]2[C@@H](OC[C@H]3O[C@H](OC[C@H]4O[C@H](OC[C@H]5O[C@H](OC[C@H]6O[C@H](O)[C@@H](O)[C@@H]6O)[C@@H](O)[C@@H]5O)[C@@H](O)[C@@H]4O)[C@@H](O)[C@@H]3O)O[C@H](CO)[C@H]2O)[C@@H](O)[C@@H]1O. The maximum atomic E-state index is 10.6. The van der Waals surface area contributed by atoms with Crippen LogP contribution in [0.25, 0.3) is 0 Å². The highest BCUT2D eigenvalue weighted by Gasteiger charge is 2.53. The van der Waals surface area contributed by atoms with Crippen molar-refractivity contribution in [1.82, 2.24) is 0 Å². The van der Waals surface area contributed by atoms with Gasteiger partial charge < -0.3 is 124 Å². The lowest BCUT2D eigenvalue weighted by Gasteiger charge is -2.26. The Morgan fingerprint density at radius 3 is 1.00 bits per heavy atom. The van der Waals surface area contributed by atoms with E-state index in [1.807, 2.05) is 0 Å². The molecule has 0 aromatic rings. The normalized spacial score (nSPS) is 52.9. The summed E-state index contributed by atoms with van der Waals surface area (Å²) in [6.07, 6.45) is -35.0. The van der Waals surface area contributed by atoms with E-state index in [1.165, 1.54) is 0 Å². The van der Waals surface area contributed by atoms with Crippen molar-refractivity contribution in [1.29, 1.82) is 0 Å². The number of hydrogen-bond acceptors (Lipinski definition) is 25. The molecule has 0 aliphatic carbocycles. The highest BCUT2D eigenvalue weighted by molar-refractivity contribution is 4.94. The number of ether oxygens (including phenoxy) is 11. The van der Waals surface area contributed by atoms with Crippen molar-refractivity contribution in [2.75, 3.05) is 39.6 Å². The van der Waals surface area contributed by atoms with Crippen molar-refractivity contribution >= 4 is 0 Å². The van der Waals surface area contributed by atoms with Crippen molar-refractivity contribution in [3.63, 3.8) is 0 Å². The second kappa shape index (κ2) is 18.5. The fourth-order valence-electron chi connectivity index (χ4n) is 6.86. The third-order valence-electron chi connectivity index (χ3n) is 10.3. The standard InChI is InChI=1S/C30H50O25/c31-1-7-13(33)23(43)29(50-7)55-24-18(38)8(2-32)51-30(24)48-6-12-17(37)22(42)28(54-12)47-5-11-16(36)21(41)27(53-11)46-4-10-15(35)20(40)26(52-10)45-3-9-14(34)19(39)25(44)49-9/h7-44H,1-6H2/t7-,8-,9-,10-,11-,12-,13-,14-,15-,16-,17-,18-,19+,20+,21+,22+,23+,24+,25+,26+,27+,28+,29+,30+/m1/s1. The van der Waals surface area contributed by atoms with Crippen molar-refractivity contribution < 1.29 is 124 Å². The van der Waals surface area contributed by atoms with Gasteiger partial charge in [-0.1, -0.05) is 0 Å². The summed E-state index contributed by atoms with van der Waals surface area (Å²) in [4.78, 5) is 0. The van der Waals surface area contributed by atoms with Gasteiger partial charge in [-0.15, -0.1) is 0 Å². The summed E-state index contributed by atoms with van der Waals surface area (Å²) in [6.45, 7) is -3.22. The first-order chi connectivity index (χ1) is 26.1. The van der Waals surface area contributed by atoms with Gasteiger partial charge in [0.25, 0.3) is 0 Å². The fourth-order valence-corrected chi connectivity index (χ4v) is 6.86. The van der Waals surface area contributed by atoms with Crippen LogP contribution in [0.1, 0.15) is 0 Å². The van der Waals surface area contributed by atoms with Gasteiger partial charge >= 0.3 is 0 Å². The van der Waals surface area contributed by atoms with Gasteiger partial charge in [0.2, 0.25) is 0 Å². The number of aliphatic hydroxyl groups is 14. The molecule has 25 nitrogen and oxygen atoms in total. The third-order valence-corrected chi connectivity index (χ3v) is 10.3. The van der Waals surface area contributed by atoms with Crippen LogP contribution in [0.2, 0.25) is 0 Å². The monoisotopic (exact) mass is 810 g/mol. The average molecular weight is 811 g/mol. The smallest absolute Gasteiger partial charge is 0.187 e. The second-order valence-corrected chi connectivity index (χ2v) is 14.0. The molecule has 25 heteroatoms. The molecule has 0 unspecified atom stereocenters. The minimum Gasteiger partial charge on any atom is -0.394 e. The Morgan fingerprint density at radius 2 is 0.618 bits per heavy atom. The number of aliphatic hydroxyl groups excluding tert-OH is 14. The van der Waals surface area contributed by atoms with Crippen molar-refractivity contribution in [3.8, 4) is 0 Å². The molecule has 0 aromatic carbocycles. The van der Waals surface area contributed by atoms with E-state index in [-0.39, 0.29) is 0 Å². The predicted octanol–water partition coefficient (Wildman–Crippen LogP) is -10.3. The van der Waals surface area contributed by atoms with E-state index in [2.05, 4.69) is 0 Å². The molecule has 6 aliphatic rings. The van der Waals surface area contributed by atoms with Crippen LogP contribution in [0, 0.1) is 0 Å². The van der Waals surface area contributed by atoms with Crippen LogP contribution in [0.3, 0.4) is 0 Å². The van der Waals surface area contributed by atoms with E-state index in [9.17, 15) is 71.5 Å². The van der Waals surface area contributed by atoms with Gasteiger partial charge in [0.05, 0.1) is 39.6 Å². The lowest BCUT2D eigenvalue weighted by atomic mass is 10.1. The molecule has 0 spiro atoms. The maximum Gasteiger partial charge on any atom is 0.187 e. The lowest BCUT2D eigenvalue weighted by molar-refractivity contribution is -0.255. The van der Waals surface area contributed by atoms with Gasteiger partial charge in [0.1, 0.15) is 110 Å². The zero-order valence-electron chi connectivity index (χ0n) is 28.9. The summed E-state index contributed by atoms with van der Waals surface area (Å²) in [7, 11) is 0. The molecule has 320 valence electrons. The predicted molar refractivity (Wildman–Crippen MR) is 163 cm³/mol. The van der Waals surface area contributed by atoms with E-state index >= 15 is 0 Å². The van der Waals surface area contributed by atoms with E-state index in [0.29, 0.717) is 0 Å². The highest BCUT2D eigenvalue weighted by Crippen LogP contribution is 2.33. The highest BCUT2D eigenvalue weighted by atomic mass is 16.8. The molecule has 55 heavy (non-hydrogen) atoms. The first-order valence-corrected chi connectivity index (χ1v) is 17.6. The molecule has 6 aliphatic heterocycles. The van der Waals surface area contributed by atoms with E-state index in [0.717, 1.165) is 0 Å². The summed E-state index contributed by atoms with van der Waals surface area (Å²) in [5.74, 6) is 0. The second-order valence-electron chi connectivity index (χ2n) is 14.0. The zero-order valence-corrected chi connectivity index (χ0v) is 28.9. The summed E-state index contributed by atoms with van der Waals surface area (Å²) in [6, 6.07) is 0. The minimum atomic E-state index is -1.66. The van der Waals surface area contributed by atoms with E-state index in [1.54, 1.807) is 0 Å².